The molecule has 130 valence electrons. The van der Waals surface area contributed by atoms with Crippen molar-refractivity contribution in [3.8, 4) is 5.69 Å². The lowest BCUT2D eigenvalue weighted by molar-refractivity contribution is 0.878. The highest BCUT2D eigenvalue weighted by Gasteiger charge is 1.99. The van der Waals surface area contributed by atoms with Gasteiger partial charge in [0.1, 0.15) is 0 Å². The van der Waals surface area contributed by atoms with Gasteiger partial charge in [-0.25, -0.2) is 9.67 Å². The predicted molar refractivity (Wildman–Crippen MR) is 114 cm³/mol. The van der Waals surface area contributed by atoms with Gasteiger partial charge in [0.05, 0.1) is 12.2 Å². The van der Waals surface area contributed by atoms with E-state index in [1.807, 2.05) is 53.3 Å². The fourth-order valence-electron chi connectivity index (χ4n) is 2.59. The number of guanidine groups is 1. The summed E-state index contributed by atoms with van der Waals surface area (Å²) >= 11 is 0. The van der Waals surface area contributed by atoms with Gasteiger partial charge in [-0.1, -0.05) is 18.2 Å². The Morgan fingerprint density at radius 3 is 2.40 bits per heavy atom. The van der Waals surface area contributed by atoms with Crippen molar-refractivity contribution in [2.75, 3.05) is 5.32 Å². The Morgan fingerprint density at radius 2 is 1.80 bits per heavy atom. The van der Waals surface area contributed by atoms with Crippen molar-refractivity contribution >= 4 is 35.6 Å². The van der Waals surface area contributed by atoms with Crippen LogP contribution in [-0.4, -0.2) is 15.7 Å². The van der Waals surface area contributed by atoms with Crippen molar-refractivity contribution in [1.82, 2.24) is 9.78 Å². The molecule has 0 atom stereocenters. The molecule has 25 heavy (non-hydrogen) atoms. The van der Waals surface area contributed by atoms with Gasteiger partial charge in [0.2, 0.25) is 0 Å². The zero-order chi connectivity index (χ0) is 16.9. The maximum absolute atomic E-state index is 5.99. The lowest BCUT2D eigenvalue weighted by Gasteiger charge is -2.08. The largest absolute Gasteiger partial charge is 0.370 e. The van der Waals surface area contributed by atoms with Crippen LogP contribution in [0.3, 0.4) is 0 Å². The topological polar surface area (TPSA) is 68.2 Å². The molecule has 3 rings (SSSR count). The van der Waals surface area contributed by atoms with E-state index >= 15 is 0 Å². The van der Waals surface area contributed by atoms with Gasteiger partial charge in [0.25, 0.3) is 0 Å². The molecule has 0 unspecified atom stereocenters. The lowest BCUT2D eigenvalue weighted by atomic mass is 10.1. The second-order valence-corrected chi connectivity index (χ2v) is 5.82. The van der Waals surface area contributed by atoms with Crippen LogP contribution in [0, 0.1) is 13.8 Å². The maximum atomic E-state index is 5.99. The highest BCUT2D eigenvalue weighted by atomic mass is 127. The summed E-state index contributed by atoms with van der Waals surface area (Å²) in [6.45, 7) is 4.66. The van der Waals surface area contributed by atoms with E-state index in [0.717, 1.165) is 16.9 Å². The maximum Gasteiger partial charge on any atom is 0.193 e. The van der Waals surface area contributed by atoms with Gasteiger partial charge in [0.15, 0.2) is 5.96 Å². The standard InChI is InChI=1S/C19H21N5.HI/c1-14-10-15(2)12-17(11-14)23-19(20)21-13-16-4-6-18(7-5-16)24-9-3-8-22-24;/h3-12H,13H2,1-2H3,(H3,20,21,23);1H. The molecule has 0 spiro atoms. The summed E-state index contributed by atoms with van der Waals surface area (Å²) in [5, 5.41) is 7.35. The average Bonchev–Trinajstić information content (AvgIpc) is 3.07. The van der Waals surface area contributed by atoms with Gasteiger partial charge in [-0.3, -0.25) is 0 Å². The van der Waals surface area contributed by atoms with E-state index in [4.69, 9.17) is 5.73 Å². The third kappa shape index (κ3) is 5.32. The Hall–Kier alpha value is -2.35. The van der Waals surface area contributed by atoms with Crippen molar-refractivity contribution < 1.29 is 0 Å². The minimum absolute atomic E-state index is 0. The average molecular weight is 447 g/mol. The number of aliphatic imine (C=N–C) groups is 1. The molecule has 1 heterocycles. The number of hydrogen-bond acceptors (Lipinski definition) is 2. The van der Waals surface area contributed by atoms with Crippen LogP contribution < -0.4 is 11.1 Å². The molecular weight excluding hydrogens is 425 g/mol. The molecule has 5 nitrogen and oxygen atoms in total. The zero-order valence-electron chi connectivity index (χ0n) is 14.3. The molecule has 0 aliphatic carbocycles. The van der Waals surface area contributed by atoms with Gasteiger partial charge < -0.3 is 11.1 Å². The molecule has 3 N–H and O–H groups in total. The molecule has 1 aromatic heterocycles. The van der Waals surface area contributed by atoms with E-state index in [9.17, 15) is 0 Å². The quantitative estimate of drug-likeness (QED) is 0.361. The van der Waals surface area contributed by atoms with Crippen LogP contribution in [-0.2, 0) is 6.54 Å². The molecule has 0 amide bonds. The SMILES string of the molecule is Cc1cc(C)cc(NC(N)=NCc2ccc(-n3cccn3)cc2)c1.I. The van der Waals surface area contributed by atoms with Crippen LogP contribution in [0.2, 0.25) is 0 Å². The zero-order valence-corrected chi connectivity index (χ0v) is 16.6. The monoisotopic (exact) mass is 447 g/mol. The smallest absolute Gasteiger partial charge is 0.193 e. The molecule has 0 saturated heterocycles. The lowest BCUT2D eigenvalue weighted by Crippen LogP contribution is -2.22. The van der Waals surface area contributed by atoms with E-state index in [0.29, 0.717) is 12.5 Å². The summed E-state index contributed by atoms with van der Waals surface area (Å²) in [4.78, 5) is 4.40. The Kier molecular flexibility index (Phi) is 6.58. The van der Waals surface area contributed by atoms with Gasteiger partial charge in [-0.05, 0) is 60.9 Å². The number of hydrogen-bond donors (Lipinski definition) is 2. The Bertz CT molecular complexity index is 819. The first-order valence-electron chi connectivity index (χ1n) is 7.84. The van der Waals surface area contributed by atoms with Crippen LogP contribution in [0.4, 0.5) is 5.69 Å². The number of anilines is 1. The molecule has 0 aliphatic heterocycles. The van der Waals surface area contributed by atoms with Crippen LogP contribution in [0.15, 0.2) is 65.9 Å². The van der Waals surface area contributed by atoms with Gasteiger partial charge >= 0.3 is 0 Å². The number of nitrogens with zero attached hydrogens (tertiary/aromatic N) is 3. The first-order chi connectivity index (χ1) is 11.6. The molecular formula is C19H22IN5. The fraction of sp³-hybridized carbons (Fsp3) is 0.158. The highest BCUT2D eigenvalue weighted by molar-refractivity contribution is 14.0. The predicted octanol–water partition coefficient (Wildman–Crippen LogP) is 4.03. The molecule has 2 aromatic carbocycles. The third-order valence-electron chi connectivity index (χ3n) is 3.63. The highest BCUT2D eigenvalue weighted by Crippen LogP contribution is 2.14. The number of rotatable bonds is 4. The number of nitrogens with two attached hydrogens (primary N) is 1. The molecule has 0 fully saturated rings. The summed E-state index contributed by atoms with van der Waals surface area (Å²) < 4.78 is 1.82. The molecule has 0 saturated carbocycles. The molecule has 0 radical (unpaired) electrons. The first kappa shape index (κ1) is 19.0. The molecule has 0 aliphatic rings. The summed E-state index contributed by atoms with van der Waals surface area (Å²) in [5.74, 6) is 0.413. The Morgan fingerprint density at radius 1 is 1.12 bits per heavy atom. The minimum Gasteiger partial charge on any atom is -0.370 e. The van der Waals surface area contributed by atoms with E-state index < -0.39 is 0 Å². The molecule has 3 aromatic rings. The normalized spacial score (nSPS) is 11.0. The van der Waals surface area contributed by atoms with Crippen LogP contribution in [0.1, 0.15) is 16.7 Å². The second-order valence-electron chi connectivity index (χ2n) is 5.82. The van der Waals surface area contributed by atoms with Crippen molar-refractivity contribution in [2.45, 2.75) is 20.4 Å². The number of aryl methyl sites for hydroxylation is 2. The van der Waals surface area contributed by atoms with Crippen molar-refractivity contribution in [2.24, 2.45) is 10.7 Å². The van der Waals surface area contributed by atoms with Crippen molar-refractivity contribution in [3.05, 3.63) is 77.6 Å². The van der Waals surface area contributed by atoms with Crippen LogP contribution >= 0.6 is 24.0 Å². The van der Waals surface area contributed by atoms with Gasteiger partial charge in [0, 0.05) is 18.1 Å². The minimum atomic E-state index is 0. The second kappa shape index (κ2) is 8.66. The van der Waals surface area contributed by atoms with Crippen molar-refractivity contribution in [1.29, 1.82) is 0 Å². The number of nitrogens with one attached hydrogen (secondary N) is 1. The number of benzene rings is 2. The van der Waals surface area contributed by atoms with Crippen LogP contribution in [0.5, 0.6) is 0 Å². The summed E-state index contributed by atoms with van der Waals surface area (Å²) in [6, 6.07) is 16.2. The Labute approximate surface area is 165 Å². The number of halogens is 1. The van der Waals surface area contributed by atoms with Gasteiger partial charge in [-0.2, -0.15) is 5.10 Å². The van der Waals surface area contributed by atoms with E-state index in [2.05, 4.69) is 35.3 Å². The molecule has 6 heteroatoms. The van der Waals surface area contributed by atoms with Crippen molar-refractivity contribution in [3.63, 3.8) is 0 Å². The Balaban J connectivity index is 0.00000225. The first-order valence-corrected chi connectivity index (χ1v) is 7.84. The van der Waals surface area contributed by atoms with Crippen LogP contribution in [0.25, 0.3) is 5.69 Å². The summed E-state index contributed by atoms with van der Waals surface area (Å²) in [7, 11) is 0. The fourth-order valence-corrected chi connectivity index (χ4v) is 2.59. The summed E-state index contributed by atoms with van der Waals surface area (Å²) in [5.41, 5.74) is 11.5. The number of aromatic nitrogens is 2. The van der Waals surface area contributed by atoms with E-state index in [1.165, 1.54) is 11.1 Å². The van der Waals surface area contributed by atoms with E-state index in [-0.39, 0.29) is 24.0 Å². The summed E-state index contributed by atoms with van der Waals surface area (Å²) in [6.07, 6.45) is 3.68. The molecule has 0 bridgehead atoms. The van der Waals surface area contributed by atoms with E-state index in [1.54, 1.807) is 6.20 Å². The van der Waals surface area contributed by atoms with Gasteiger partial charge in [-0.15, -0.1) is 24.0 Å². The third-order valence-corrected chi connectivity index (χ3v) is 3.63.